The number of fused-ring (bicyclic) bond motifs is 3. The van der Waals surface area contributed by atoms with E-state index >= 15 is 0 Å². The van der Waals surface area contributed by atoms with Crippen molar-refractivity contribution in [1.29, 1.82) is 0 Å². The number of aromatic carboxylic acids is 1. The molecule has 0 spiro atoms. The number of likely N-dealkylation sites (tertiary alicyclic amines) is 1. The summed E-state index contributed by atoms with van der Waals surface area (Å²) >= 11 is 0. The lowest BCUT2D eigenvalue weighted by Gasteiger charge is -2.35. The zero-order valence-corrected chi connectivity index (χ0v) is 17.5. The standard InChI is InChI=1S/C23H19F8NO2/c24-18-9-12(1-4-17(18)20(33)34)11-32-8-7-16-15-5-3-14(10-13(15)2-6-19(16)32)21(25,22(26,27)28)23(29,30)31/h1,3-5,9-10,16,19H,2,6-8,11H2,(H,33,34)/t16-,19?/m0/s1. The van der Waals surface area contributed by atoms with E-state index in [4.69, 9.17) is 5.11 Å². The fraction of sp³-hybridized carbons (Fsp3) is 0.435. The van der Waals surface area contributed by atoms with Gasteiger partial charge >= 0.3 is 24.0 Å². The Morgan fingerprint density at radius 2 is 1.65 bits per heavy atom. The van der Waals surface area contributed by atoms with E-state index in [0.29, 0.717) is 49.2 Å². The molecule has 0 aromatic heterocycles. The normalized spacial score (nSPS) is 21.3. The molecule has 1 fully saturated rings. The van der Waals surface area contributed by atoms with Gasteiger partial charge in [-0.3, -0.25) is 4.90 Å². The molecular weight excluding hydrogens is 474 g/mol. The second kappa shape index (κ2) is 8.21. The van der Waals surface area contributed by atoms with E-state index in [-0.39, 0.29) is 23.9 Å². The second-order valence-corrected chi connectivity index (χ2v) is 8.66. The van der Waals surface area contributed by atoms with E-state index in [2.05, 4.69) is 0 Å². The highest BCUT2D eigenvalue weighted by Crippen LogP contribution is 2.54. The Morgan fingerprint density at radius 3 is 2.24 bits per heavy atom. The average molecular weight is 493 g/mol. The summed E-state index contributed by atoms with van der Waals surface area (Å²) in [7, 11) is 0. The fourth-order valence-electron chi connectivity index (χ4n) is 5.12. The lowest BCUT2D eigenvalue weighted by atomic mass is 9.77. The molecule has 2 aliphatic rings. The van der Waals surface area contributed by atoms with Gasteiger partial charge in [-0.15, -0.1) is 0 Å². The Hall–Kier alpha value is -2.69. The maximum atomic E-state index is 14.5. The quantitative estimate of drug-likeness (QED) is 0.522. The number of carbonyl (C=O) groups is 1. The highest BCUT2D eigenvalue weighted by atomic mass is 19.4. The molecule has 4 rings (SSSR count). The van der Waals surface area contributed by atoms with Crippen LogP contribution in [0, 0.1) is 5.82 Å². The van der Waals surface area contributed by atoms with E-state index in [1.54, 1.807) is 0 Å². The maximum absolute atomic E-state index is 14.5. The molecule has 0 bridgehead atoms. The van der Waals surface area contributed by atoms with E-state index in [1.807, 2.05) is 4.90 Å². The van der Waals surface area contributed by atoms with Gasteiger partial charge in [-0.1, -0.05) is 24.3 Å². The van der Waals surface area contributed by atoms with Crippen molar-refractivity contribution in [2.75, 3.05) is 6.54 Å². The van der Waals surface area contributed by atoms with Crippen molar-refractivity contribution in [3.8, 4) is 0 Å². The molecule has 1 N–H and O–H groups in total. The highest BCUT2D eigenvalue weighted by Gasteiger charge is 2.73. The minimum atomic E-state index is -6.16. The number of hydrogen-bond donors (Lipinski definition) is 1. The van der Waals surface area contributed by atoms with Crippen LogP contribution in [-0.2, 0) is 18.6 Å². The van der Waals surface area contributed by atoms with E-state index in [9.17, 15) is 39.9 Å². The van der Waals surface area contributed by atoms with Crippen LogP contribution >= 0.6 is 0 Å². The van der Waals surface area contributed by atoms with Crippen LogP contribution in [0.3, 0.4) is 0 Å². The summed E-state index contributed by atoms with van der Waals surface area (Å²) in [5.41, 5.74) is -6.00. The van der Waals surface area contributed by atoms with Gasteiger partial charge in [0.15, 0.2) is 0 Å². The zero-order chi connectivity index (χ0) is 25.1. The second-order valence-electron chi connectivity index (χ2n) is 8.66. The third-order valence-electron chi connectivity index (χ3n) is 6.74. The van der Waals surface area contributed by atoms with Crippen molar-refractivity contribution in [2.24, 2.45) is 0 Å². The summed E-state index contributed by atoms with van der Waals surface area (Å²) in [6.07, 6.45) is -11.2. The van der Waals surface area contributed by atoms with E-state index in [0.717, 1.165) is 12.1 Å². The van der Waals surface area contributed by atoms with Gasteiger partial charge in [-0.25, -0.2) is 13.6 Å². The smallest absolute Gasteiger partial charge is 0.435 e. The highest BCUT2D eigenvalue weighted by molar-refractivity contribution is 5.87. The van der Waals surface area contributed by atoms with Crippen molar-refractivity contribution in [3.05, 3.63) is 70.0 Å². The van der Waals surface area contributed by atoms with Crippen LogP contribution in [0.2, 0.25) is 0 Å². The van der Waals surface area contributed by atoms with Gasteiger partial charge in [-0.05, 0) is 54.6 Å². The third kappa shape index (κ3) is 3.93. The molecular formula is C23H19F8NO2. The van der Waals surface area contributed by atoms with Crippen LogP contribution in [0.15, 0.2) is 36.4 Å². The molecule has 0 saturated carbocycles. The number of carboxylic acids is 1. The van der Waals surface area contributed by atoms with Crippen LogP contribution < -0.4 is 0 Å². The maximum Gasteiger partial charge on any atom is 0.435 e. The summed E-state index contributed by atoms with van der Waals surface area (Å²) in [5.74, 6) is -2.43. The molecule has 1 unspecified atom stereocenters. The average Bonchev–Trinajstić information content (AvgIpc) is 3.14. The Balaban J connectivity index is 1.58. The van der Waals surface area contributed by atoms with Crippen LogP contribution in [0.25, 0.3) is 0 Å². The number of hydrogen-bond acceptors (Lipinski definition) is 2. The summed E-state index contributed by atoms with van der Waals surface area (Å²) < 4.78 is 107. The largest absolute Gasteiger partial charge is 0.478 e. The van der Waals surface area contributed by atoms with Crippen molar-refractivity contribution in [2.45, 2.75) is 55.8 Å². The molecule has 2 atom stereocenters. The third-order valence-corrected chi connectivity index (χ3v) is 6.74. The fourth-order valence-corrected chi connectivity index (χ4v) is 5.12. The van der Waals surface area contributed by atoms with Gasteiger partial charge < -0.3 is 5.11 Å². The first-order valence-electron chi connectivity index (χ1n) is 10.5. The summed E-state index contributed by atoms with van der Waals surface area (Å²) in [5, 5.41) is 8.95. The van der Waals surface area contributed by atoms with Crippen LogP contribution in [0.4, 0.5) is 35.1 Å². The van der Waals surface area contributed by atoms with Gasteiger partial charge in [-0.2, -0.15) is 26.3 Å². The lowest BCUT2D eigenvalue weighted by Crippen LogP contribution is -2.50. The summed E-state index contributed by atoms with van der Waals surface area (Å²) in [6.45, 7) is 0.859. The predicted molar refractivity (Wildman–Crippen MR) is 105 cm³/mol. The van der Waals surface area contributed by atoms with Crippen molar-refractivity contribution in [1.82, 2.24) is 4.90 Å². The first-order chi connectivity index (χ1) is 15.7. The zero-order valence-electron chi connectivity index (χ0n) is 17.5. The number of carboxylic acid groups (broad SMARTS) is 1. The predicted octanol–water partition coefficient (Wildman–Crippen LogP) is 6.12. The van der Waals surface area contributed by atoms with Gasteiger partial charge in [0, 0.05) is 24.1 Å². The Labute approximate surface area is 189 Å². The van der Waals surface area contributed by atoms with Gasteiger partial charge in [0.05, 0.1) is 5.56 Å². The summed E-state index contributed by atoms with van der Waals surface area (Å²) in [6, 6.07) is 6.11. The van der Waals surface area contributed by atoms with Gasteiger partial charge in [0.25, 0.3) is 0 Å². The Kier molecular flexibility index (Phi) is 5.90. The monoisotopic (exact) mass is 493 g/mol. The minimum Gasteiger partial charge on any atom is -0.478 e. The molecule has 1 aliphatic carbocycles. The SMILES string of the molecule is O=C(O)c1ccc(CN2CC[C@H]3c4ccc(C(F)(C(F)(F)F)C(F)(F)F)cc4CCC32)cc1F. The van der Waals surface area contributed by atoms with Crippen LogP contribution in [-0.4, -0.2) is 40.9 Å². The molecule has 1 saturated heterocycles. The molecule has 2 aromatic rings. The van der Waals surface area contributed by atoms with Crippen molar-refractivity contribution < 1.29 is 45.0 Å². The van der Waals surface area contributed by atoms with E-state index in [1.165, 1.54) is 12.1 Å². The Bertz CT molecular complexity index is 1100. The number of nitrogens with zero attached hydrogens (tertiary/aromatic N) is 1. The topological polar surface area (TPSA) is 40.5 Å². The molecule has 184 valence electrons. The molecule has 11 heteroatoms. The molecule has 0 amide bonds. The molecule has 3 nitrogen and oxygen atoms in total. The number of alkyl halides is 7. The Morgan fingerprint density at radius 1 is 0.971 bits per heavy atom. The lowest BCUT2D eigenvalue weighted by molar-refractivity contribution is -0.348. The molecule has 1 heterocycles. The molecule has 2 aromatic carbocycles. The molecule has 1 aliphatic heterocycles. The van der Waals surface area contributed by atoms with Gasteiger partial charge in [0.2, 0.25) is 0 Å². The van der Waals surface area contributed by atoms with Crippen LogP contribution in [0.5, 0.6) is 0 Å². The first-order valence-corrected chi connectivity index (χ1v) is 10.5. The minimum absolute atomic E-state index is 0.0825. The van der Waals surface area contributed by atoms with Crippen LogP contribution in [0.1, 0.15) is 51.4 Å². The number of rotatable bonds is 4. The van der Waals surface area contributed by atoms with Crippen molar-refractivity contribution >= 4 is 5.97 Å². The summed E-state index contributed by atoms with van der Waals surface area (Å²) in [4.78, 5) is 13.0. The number of aryl methyl sites for hydroxylation is 1. The first kappa shape index (κ1) is 24.4. The van der Waals surface area contributed by atoms with Gasteiger partial charge in [0.1, 0.15) is 5.82 Å². The molecule has 34 heavy (non-hydrogen) atoms. The van der Waals surface area contributed by atoms with Crippen molar-refractivity contribution in [3.63, 3.8) is 0 Å². The number of benzene rings is 2. The number of halogens is 8. The van der Waals surface area contributed by atoms with E-state index < -0.39 is 40.9 Å². The molecule has 0 radical (unpaired) electrons.